The molecule has 1 saturated carbocycles. The molecule has 0 unspecified atom stereocenters. The lowest BCUT2D eigenvalue weighted by Gasteiger charge is -2.34. The van der Waals surface area contributed by atoms with E-state index >= 15 is 0 Å². The van der Waals surface area contributed by atoms with Crippen LogP contribution >= 0.6 is 0 Å². The minimum absolute atomic E-state index is 0.0925. The van der Waals surface area contributed by atoms with Crippen LogP contribution in [-0.2, 0) is 24.4 Å². The smallest absolute Gasteiger partial charge is 0.414 e. The van der Waals surface area contributed by atoms with Crippen molar-refractivity contribution in [1.29, 1.82) is 0 Å². The molecule has 3 rings (SSSR count). The molecule has 9 nitrogen and oxygen atoms in total. The van der Waals surface area contributed by atoms with Crippen molar-refractivity contribution < 1.29 is 37.4 Å². The molecule has 2 aliphatic rings. The highest BCUT2D eigenvalue weighted by Gasteiger charge is 2.30. The van der Waals surface area contributed by atoms with Gasteiger partial charge in [-0.05, 0) is 36.6 Å². The number of carbonyl (C=O) groups is 3. The van der Waals surface area contributed by atoms with Crippen molar-refractivity contribution in [2.75, 3.05) is 26.2 Å². The molecular weight excluding hydrogens is 431 g/mol. The Morgan fingerprint density at radius 3 is 1.94 bits per heavy atom. The maximum absolute atomic E-state index is 13.0. The first kappa shape index (κ1) is 24.7. The molecule has 1 aromatic rings. The third-order valence-corrected chi connectivity index (χ3v) is 7.38. The Morgan fingerprint density at radius 2 is 1.45 bits per heavy atom. The van der Waals surface area contributed by atoms with Crippen LogP contribution in [-0.4, -0.2) is 71.9 Å². The molecule has 1 aliphatic carbocycles. The van der Waals surface area contributed by atoms with E-state index in [-0.39, 0.29) is 23.9 Å². The van der Waals surface area contributed by atoms with Crippen LogP contribution < -0.4 is 0 Å². The summed E-state index contributed by atoms with van der Waals surface area (Å²) in [5, 5.41) is 14.8. The molecule has 172 valence electrons. The lowest BCUT2D eigenvalue weighted by atomic mass is 10.0. The number of benzene rings is 1. The Balaban J connectivity index is 0.000000501. The van der Waals surface area contributed by atoms with Crippen molar-refractivity contribution in [3.05, 3.63) is 30.1 Å². The van der Waals surface area contributed by atoms with Gasteiger partial charge in [0.25, 0.3) is 0 Å². The van der Waals surface area contributed by atoms with Gasteiger partial charge >= 0.3 is 11.9 Å². The zero-order chi connectivity index (χ0) is 23.0. The minimum atomic E-state index is -3.62. The van der Waals surface area contributed by atoms with Crippen molar-refractivity contribution in [2.24, 2.45) is 5.92 Å². The first-order valence-electron chi connectivity index (χ1n) is 10.1. The van der Waals surface area contributed by atoms with Crippen LogP contribution in [0, 0.1) is 11.7 Å². The van der Waals surface area contributed by atoms with Crippen molar-refractivity contribution in [3.63, 3.8) is 0 Å². The van der Waals surface area contributed by atoms with Crippen LogP contribution in [0.5, 0.6) is 0 Å². The number of aliphatic carboxylic acids is 2. The van der Waals surface area contributed by atoms with Gasteiger partial charge in [0, 0.05) is 32.6 Å². The molecular formula is C20H27FN2O7S. The summed E-state index contributed by atoms with van der Waals surface area (Å²) in [7, 11) is -3.62. The van der Waals surface area contributed by atoms with Crippen molar-refractivity contribution >= 4 is 27.9 Å². The molecule has 0 aromatic heterocycles. The number of carboxylic acids is 2. The highest BCUT2D eigenvalue weighted by Crippen LogP contribution is 2.29. The van der Waals surface area contributed by atoms with E-state index in [9.17, 15) is 17.6 Å². The Labute approximate surface area is 180 Å². The predicted octanol–water partition coefficient (Wildman–Crippen LogP) is 1.78. The Morgan fingerprint density at radius 1 is 0.935 bits per heavy atom. The van der Waals surface area contributed by atoms with Crippen LogP contribution in [0.25, 0.3) is 0 Å². The predicted molar refractivity (Wildman–Crippen MR) is 108 cm³/mol. The number of piperazine rings is 1. The Bertz CT molecular complexity index is 863. The summed E-state index contributed by atoms with van der Waals surface area (Å²) < 4.78 is 39.5. The number of halogens is 1. The number of hydrogen-bond donors (Lipinski definition) is 2. The van der Waals surface area contributed by atoms with E-state index < -0.39 is 27.8 Å². The zero-order valence-electron chi connectivity index (χ0n) is 17.1. The van der Waals surface area contributed by atoms with Gasteiger partial charge in [0.1, 0.15) is 5.82 Å². The van der Waals surface area contributed by atoms with Crippen LogP contribution in [0.1, 0.15) is 38.5 Å². The number of nitrogens with zero attached hydrogens (tertiary/aromatic N) is 2. The molecule has 0 spiro atoms. The fraction of sp³-hybridized carbons (Fsp3) is 0.550. The topological polar surface area (TPSA) is 132 Å². The largest absolute Gasteiger partial charge is 0.473 e. The van der Waals surface area contributed by atoms with Crippen LogP contribution in [0.15, 0.2) is 29.2 Å². The SMILES string of the molecule is O=C(CCC1CCCC1)N1CCN(S(=O)(=O)c2ccc(F)cc2)CC1.O=C(O)C(=O)O. The first-order valence-corrected chi connectivity index (χ1v) is 11.5. The second kappa shape index (κ2) is 11.2. The lowest BCUT2D eigenvalue weighted by Crippen LogP contribution is -2.50. The molecule has 0 radical (unpaired) electrons. The first-order chi connectivity index (χ1) is 14.6. The van der Waals surface area contributed by atoms with E-state index in [1.807, 2.05) is 0 Å². The second-order valence-corrected chi connectivity index (χ2v) is 9.48. The minimum Gasteiger partial charge on any atom is -0.473 e. The second-order valence-electron chi connectivity index (χ2n) is 7.54. The van der Waals surface area contributed by atoms with E-state index in [4.69, 9.17) is 19.8 Å². The highest BCUT2D eigenvalue weighted by atomic mass is 32.2. The van der Waals surface area contributed by atoms with Gasteiger partial charge < -0.3 is 15.1 Å². The molecule has 1 aromatic carbocycles. The summed E-state index contributed by atoms with van der Waals surface area (Å²) in [6.45, 7) is 1.41. The number of carboxylic acid groups (broad SMARTS) is 2. The van der Waals surface area contributed by atoms with Gasteiger partial charge in [-0.3, -0.25) is 4.79 Å². The summed E-state index contributed by atoms with van der Waals surface area (Å²) >= 11 is 0. The number of hydrogen-bond acceptors (Lipinski definition) is 5. The number of carbonyl (C=O) groups excluding carboxylic acids is 1. The average molecular weight is 459 g/mol. The van der Waals surface area contributed by atoms with E-state index in [1.54, 1.807) is 4.90 Å². The summed E-state index contributed by atoms with van der Waals surface area (Å²) in [6.07, 6.45) is 6.54. The number of sulfonamides is 1. The van der Waals surface area contributed by atoms with E-state index in [1.165, 1.54) is 42.1 Å². The molecule has 1 aliphatic heterocycles. The van der Waals surface area contributed by atoms with E-state index in [2.05, 4.69) is 0 Å². The number of rotatable bonds is 5. The number of amides is 1. The molecule has 31 heavy (non-hydrogen) atoms. The lowest BCUT2D eigenvalue weighted by molar-refractivity contribution is -0.159. The van der Waals surface area contributed by atoms with Crippen LogP contribution in [0.2, 0.25) is 0 Å². The summed E-state index contributed by atoms with van der Waals surface area (Å²) in [5.74, 6) is -3.29. The van der Waals surface area contributed by atoms with Gasteiger partial charge in [0.2, 0.25) is 15.9 Å². The van der Waals surface area contributed by atoms with Crippen molar-refractivity contribution in [2.45, 2.75) is 43.4 Å². The fourth-order valence-corrected chi connectivity index (χ4v) is 5.14. The summed E-state index contributed by atoms with van der Waals surface area (Å²) in [5.41, 5.74) is 0. The molecule has 1 heterocycles. The van der Waals surface area contributed by atoms with Crippen LogP contribution in [0.3, 0.4) is 0 Å². The molecule has 2 fully saturated rings. The standard InChI is InChI=1S/C18H25FN2O3S.C2H2O4/c19-16-6-8-17(9-7-16)25(23,24)21-13-11-20(12-14-21)18(22)10-5-15-3-1-2-4-15;3-1(4)2(5)6/h6-9,15H,1-5,10-14H2;(H,3,4)(H,5,6). The van der Waals surface area contributed by atoms with Gasteiger partial charge in [-0.15, -0.1) is 0 Å². The molecule has 0 atom stereocenters. The maximum atomic E-state index is 13.0. The van der Waals surface area contributed by atoms with E-state index in [0.717, 1.165) is 18.6 Å². The Hall–Kier alpha value is -2.53. The fourth-order valence-electron chi connectivity index (χ4n) is 3.72. The van der Waals surface area contributed by atoms with E-state index in [0.29, 0.717) is 25.4 Å². The van der Waals surface area contributed by atoms with Crippen LogP contribution in [0.4, 0.5) is 4.39 Å². The Kier molecular flexibility index (Phi) is 8.93. The normalized spacial score (nSPS) is 17.6. The molecule has 2 N–H and O–H groups in total. The highest BCUT2D eigenvalue weighted by molar-refractivity contribution is 7.89. The summed E-state index contributed by atoms with van der Waals surface area (Å²) in [6, 6.07) is 4.86. The third-order valence-electron chi connectivity index (χ3n) is 5.47. The van der Waals surface area contributed by atoms with Gasteiger partial charge in [-0.2, -0.15) is 4.31 Å². The zero-order valence-corrected chi connectivity index (χ0v) is 17.9. The third kappa shape index (κ3) is 7.28. The van der Waals surface area contributed by atoms with Crippen molar-refractivity contribution in [3.8, 4) is 0 Å². The van der Waals surface area contributed by atoms with Gasteiger partial charge in [-0.25, -0.2) is 22.4 Å². The van der Waals surface area contributed by atoms with Gasteiger partial charge in [-0.1, -0.05) is 25.7 Å². The molecule has 1 saturated heterocycles. The maximum Gasteiger partial charge on any atom is 0.414 e. The summed E-state index contributed by atoms with van der Waals surface area (Å²) in [4.78, 5) is 32.4. The molecule has 1 amide bonds. The van der Waals surface area contributed by atoms with Gasteiger partial charge in [0.05, 0.1) is 4.90 Å². The molecule has 0 bridgehead atoms. The average Bonchev–Trinajstić information content (AvgIpc) is 3.26. The van der Waals surface area contributed by atoms with Gasteiger partial charge in [0.15, 0.2) is 0 Å². The monoisotopic (exact) mass is 458 g/mol. The molecule has 11 heteroatoms. The van der Waals surface area contributed by atoms with Crippen molar-refractivity contribution in [1.82, 2.24) is 9.21 Å². The quantitative estimate of drug-likeness (QED) is 0.643.